The number of hydrogen-bond donors (Lipinski definition) is 4. The van der Waals surface area contributed by atoms with Crippen LogP contribution in [-0.4, -0.2) is 77.7 Å². The van der Waals surface area contributed by atoms with Gasteiger partial charge in [-0.1, -0.05) is 50.2 Å². The van der Waals surface area contributed by atoms with E-state index < -0.39 is 11.8 Å². The summed E-state index contributed by atoms with van der Waals surface area (Å²) >= 11 is 0. The number of primary amides is 2. The number of methoxy groups -OCH3 is 3. The Labute approximate surface area is 359 Å². The molecule has 0 atom stereocenters. The van der Waals surface area contributed by atoms with E-state index in [1.807, 2.05) is 60.7 Å². The quantitative estimate of drug-likeness (QED) is 0.0586. The Balaban J connectivity index is 0.000000209. The Morgan fingerprint density at radius 3 is 1.60 bits per heavy atom. The molecule has 7 aromatic rings. The number of carbonyl (C=O) groups excluding carboxylic acids is 2. The Hall–Kier alpha value is -7.46. The standard InChI is InChI=1S/C24H26N6O3.C22H25N3O4/c1-3-16-7-4-5-8-19(16)29-23-17-11-21(32-2)22(12-20(17)27-13-18(23)24(25)31)33-10-6-9-30-15-26-14-28-30;1-4-14-7-5-6-8-17(14)25-21-15-11-19(28-3)20(29-10-9-27-2)12-18(15)24-13-16(21)22(23)26/h4-5,7-8,11-15H,3,6,9-10H2,1-2H3,(H2,25,31)(H,27,29);5-8,11-13H,4,9-10H2,1-3H3,(H2,23,26)(H,24,25). The molecule has 4 aromatic carbocycles. The second-order valence-corrected chi connectivity index (χ2v) is 13.8. The number of benzene rings is 4. The summed E-state index contributed by atoms with van der Waals surface area (Å²) in [6.07, 6.45) is 8.58. The van der Waals surface area contributed by atoms with E-state index in [0.717, 1.165) is 41.8 Å². The van der Waals surface area contributed by atoms with Crippen molar-refractivity contribution in [2.24, 2.45) is 11.5 Å². The third kappa shape index (κ3) is 10.5. The second-order valence-electron chi connectivity index (χ2n) is 13.8. The Morgan fingerprint density at radius 2 is 1.16 bits per heavy atom. The van der Waals surface area contributed by atoms with Gasteiger partial charge in [-0.25, -0.2) is 4.98 Å². The number of carbonyl (C=O) groups is 2. The minimum atomic E-state index is -0.562. The van der Waals surface area contributed by atoms with Crippen LogP contribution in [0.15, 0.2) is 97.8 Å². The predicted octanol–water partition coefficient (Wildman–Crippen LogP) is 7.38. The van der Waals surface area contributed by atoms with Crippen LogP contribution in [0.5, 0.6) is 23.0 Å². The maximum Gasteiger partial charge on any atom is 0.252 e. The maximum absolute atomic E-state index is 12.2. The highest BCUT2D eigenvalue weighted by Crippen LogP contribution is 2.39. The zero-order valence-electron chi connectivity index (χ0n) is 35.4. The Bertz CT molecular complexity index is 2640. The maximum atomic E-state index is 12.2. The van der Waals surface area contributed by atoms with Crippen LogP contribution < -0.4 is 41.0 Å². The molecule has 3 heterocycles. The van der Waals surface area contributed by atoms with Crippen molar-refractivity contribution in [1.82, 2.24) is 24.7 Å². The number of aromatic nitrogens is 5. The summed E-state index contributed by atoms with van der Waals surface area (Å²) in [7, 11) is 4.75. The third-order valence-electron chi connectivity index (χ3n) is 9.95. The van der Waals surface area contributed by atoms with Crippen LogP contribution in [0.2, 0.25) is 0 Å². The molecule has 62 heavy (non-hydrogen) atoms. The van der Waals surface area contributed by atoms with Gasteiger partial charge in [0.1, 0.15) is 19.3 Å². The zero-order chi connectivity index (χ0) is 44.0. The number of amides is 2. The first-order chi connectivity index (χ1) is 30.2. The van der Waals surface area contributed by atoms with E-state index >= 15 is 0 Å². The van der Waals surface area contributed by atoms with Crippen LogP contribution in [0, 0.1) is 0 Å². The lowest BCUT2D eigenvalue weighted by atomic mass is 10.1. The average molecular weight is 842 g/mol. The van der Waals surface area contributed by atoms with Crippen molar-refractivity contribution in [2.45, 2.75) is 39.7 Å². The van der Waals surface area contributed by atoms with E-state index in [1.54, 1.807) is 44.5 Å². The number of aryl methyl sites for hydroxylation is 3. The van der Waals surface area contributed by atoms with E-state index in [4.69, 9.17) is 35.2 Å². The minimum Gasteiger partial charge on any atom is -0.493 e. The molecule has 0 aliphatic carbocycles. The number of nitrogens with one attached hydrogen (secondary N) is 2. The van der Waals surface area contributed by atoms with Gasteiger partial charge >= 0.3 is 0 Å². The fourth-order valence-electron chi connectivity index (χ4n) is 6.75. The van der Waals surface area contributed by atoms with Gasteiger partial charge in [0, 0.05) is 66.7 Å². The summed E-state index contributed by atoms with van der Waals surface area (Å²) in [5.74, 6) is 1.07. The van der Waals surface area contributed by atoms with E-state index in [9.17, 15) is 9.59 Å². The molecule has 0 bridgehead atoms. The van der Waals surface area contributed by atoms with Crippen LogP contribution in [0.3, 0.4) is 0 Å². The van der Waals surface area contributed by atoms with Crippen molar-refractivity contribution in [3.63, 3.8) is 0 Å². The molecule has 0 saturated heterocycles. The van der Waals surface area contributed by atoms with Crippen molar-refractivity contribution >= 4 is 56.4 Å². The highest BCUT2D eigenvalue weighted by molar-refractivity contribution is 6.09. The molecule has 0 saturated carbocycles. The van der Waals surface area contributed by atoms with Crippen molar-refractivity contribution in [3.8, 4) is 23.0 Å². The van der Waals surface area contributed by atoms with Gasteiger partial charge in [0.2, 0.25) is 0 Å². The average Bonchev–Trinajstić information content (AvgIpc) is 3.81. The molecule has 2 amide bonds. The van der Waals surface area contributed by atoms with Gasteiger partial charge in [-0.2, -0.15) is 5.10 Å². The number of para-hydroxylation sites is 2. The normalized spacial score (nSPS) is 10.8. The first kappa shape index (κ1) is 44.1. The number of ether oxygens (including phenoxy) is 5. The van der Waals surface area contributed by atoms with Gasteiger partial charge < -0.3 is 45.8 Å². The van der Waals surface area contributed by atoms with E-state index in [-0.39, 0.29) is 0 Å². The summed E-state index contributed by atoms with van der Waals surface area (Å²) in [5, 5.41) is 12.3. The summed E-state index contributed by atoms with van der Waals surface area (Å²) in [5.41, 5.74) is 18.4. The smallest absolute Gasteiger partial charge is 0.252 e. The lowest BCUT2D eigenvalue weighted by molar-refractivity contribution is 0.0992. The minimum absolute atomic E-state index is 0.303. The van der Waals surface area contributed by atoms with Crippen molar-refractivity contribution < 1.29 is 33.3 Å². The monoisotopic (exact) mass is 841 g/mol. The number of hydrogen-bond acceptors (Lipinski definition) is 13. The molecule has 0 spiro atoms. The third-order valence-corrected chi connectivity index (χ3v) is 9.95. The van der Waals surface area contributed by atoms with Gasteiger partial charge in [0.15, 0.2) is 23.0 Å². The number of anilines is 4. The molecule has 0 radical (unpaired) electrons. The van der Waals surface area contributed by atoms with E-state index in [1.165, 1.54) is 18.7 Å². The molecular weight excluding hydrogens is 791 g/mol. The summed E-state index contributed by atoms with van der Waals surface area (Å²) in [6, 6.07) is 23.1. The van der Waals surface area contributed by atoms with Crippen molar-refractivity contribution in [3.05, 3.63) is 120 Å². The molecule has 16 nitrogen and oxygen atoms in total. The first-order valence-electron chi connectivity index (χ1n) is 20.1. The second kappa shape index (κ2) is 21.2. The molecule has 0 fully saturated rings. The Kier molecular flexibility index (Phi) is 15.1. The SMILES string of the molecule is CCc1ccccc1Nc1c(C(N)=O)cnc2cc(OCCCn3cncn3)c(OC)cc12.CCc1ccccc1Nc1c(C(N)=O)cnc2cc(OCCOC)c(OC)cc12. The molecule has 6 N–H and O–H groups in total. The molecular formula is C46H51N9O7. The number of fused-ring (bicyclic) bond motifs is 2. The van der Waals surface area contributed by atoms with Crippen LogP contribution in [0.1, 0.15) is 52.1 Å². The first-order valence-corrected chi connectivity index (χ1v) is 20.1. The molecule has 322 valence electrons. The van der Waals surface area contributed by atoms with Crippen LogP contribution in [-0.2, 0) is 24.1 Å². The largest absolute Gasteiger partial charge is 0.493 e. The van der Waals surface area contributed by atoms with Gasteiger partial charge in [-0.3, -0.25) is 24.2 Å². The van der Waals surface area contributed by atoms with E-state index in [2.05, 4.69) is 44.5 Å². The number of pyridine rings is 2. The van der Waals surface area contributed by atoms with E-state index in [0.29, 0.717) is 93.7 Å². The zero-order valence-corrected chi connectivity index (χ0v) is 35.4. The molecule has 0 aliphatic heterocycles. The van der Waals surface area contributed by atoms with Crippen LogP contribution in [0.25, 0.3) is 21.8 Å². The topological polar surface area (TPSA) is 213 Å². The molecule has 7 rings (SSSR count). The molecule has 16 heteroatoms. The van der Waals surface area contributed by atoms with Gasteiger partial charge in [0.05, 0.1) is 61.0 Å². The van der Waals surface area contributed by atoms with Crippen molar-refractivity contribution in [2.75, 3.05) is 51.8 Å². The lowest BCUT2D eigenvalue weighted by Gasteiger charge is -2.17. The van der Waals surface area contributed by atoms with Crippen molar-refractivity contribution in [1.29, 1.82) is 0 Å². The van der Waals surface area contributed by atoms with Crippen LogP contribution in [0.4, 0.5) is 22.7 Å². The van der Waals surface area contributed by atoms with Crippen LogP contribution >= 0.6 is 0 Å². The highest BCUT2D eigenvalue weighted by atomic mass is 16.5. The Morgan fingerprint density at radius 1 is 0.661 bits per heavy atom. The number of nitrogens with two attached hydrogens (primary N) is 2. The fourth-order valence-corrected chi connectivity index (χ4v) is 6.75. The number of nitrogens with zero attached hydrogens (tertiary/aromatic N) is 5. The fraction of sp³-hybridized carbons (Fsp3) is 0.261. The highest BCUT2D eigenvalue weighted by Gasteiger charge is 2.20. The number of rotatable bonds is 19. The van der Waals surface area contributed by atoms with Gasteiger partial charge in [-0.15, -0.1) is 0 Å². The van der Waals surface area contributed by atoms with Gasteiger partial charge in [0.25, 0.3) is 11.8 Å². The molecule has 0 unspecified atom stereocenters. The van der Waals surface area contributed by atoms with Gasteiger partial charge in [-0.05, 0) is 48.2 Å². The molecule has 0 aliphatic rings. The summed E-state index contributed by atoms with van der Waals surface area (Å²) in [4.78, 5) is 37.0. The summed E-state index contributed by atoms with van der Waals surface area (Å²) in [6.45, 7) is 6.15. The lowest BCUT2D eigenvalue weighted by Crippen LogP contribution is -2.14. The predicted molar refractivity (Wildman–Crippen MR) is 239 cm³/mol. The molecule has 3 aromatic heterocycles. The summed E-state index contributed by atoms with van der Waals surface area (Å²) < 4.78 is 29.6.